The van der Waals surface area contributed by atoms with Crippen LogP contribution in [-0.2, 0) is 6.61 Å². The van der Waals surface area contributed by atoms with Gasteiger partial charge in [0, 0.05) is 10.9 Å². The topological polar surface area (TPSA) is 35.2 Å². The SMILES string of the molecule is C[C@@H](N)c1ccc(OCc2cccs2)cc1. The van der Waals surface area contributed by atoms with E-state index in [1.54, 1.807) is 11.3 Å². The Labute approximate surface area is 99.7 Å². The molecule has 0 aliphatic heterocycles. The zero-order chi connectivity index (χ0) is 11.4. The molecule has 0 saturated heterocycles. The zero-order valence-electron chi connectivity index (χ0n) is 9.22. The highest BCUT2D eigenvalue weighted by Crippen LogP contribution is 2.18. The third-order valence-electron chi connectivity index (χ3n) is 2.37. The lowest BCUT2D eigenvalue weighted by Crippen LogP contribution is -2.04. The van der Waals surface area contributed by atoms with Gasteiger partial charge in [0.15, 0.2) is 0 Å². The van der Waals surface area contributed by atoms with Crippen LogP contribution in [0.1, 0.15) is 23.4 Å². The van der Waals surface area contributed by atoms with Crippen LogP contribution in [0.4, 0.5) is 0 Å². The quantitative estimate of drug-likeness (QED) is 0.879. The van der Waals surface area contributed by atoms with Gasteiger partial charge in [0.1, 0.15) is 12.4 Å². The highest BCUT2D eigenvalue weighted by molar-refractivity contribution is 7.09. The molecule has 0 aliphatic carbocycles. The lowest BCUT2D eigenvalue weighted by atomic mass is 10.1. The maximum absolute atomic E-state index is 5.78. The van der Waals surface area contributed by atoms with Gasteiger partial charge in [-0.1, -0.05) is 18.2 Å². The van der Waals surface area contributed by atoms with E-state index in [0.717, 1.165) is 11.3 Å². The molecule has 0 fully saturated rings. The van der Waals surface area contributed by atoms with Crippen molar-refractivity contribution in [2.45, 2.75) is 19.6 Å². The Bertz CT molecular complexity index is 420. The Kier molecular flexibility index (Phi) is 3.59. The van der Waals surface area contributed by atoms with E-state index in [1.807, 2.05) is 37.3 Å². The van der Waals surface area contributed by atoms with E-state index < -0.39 is 0 Å². The van der Waals surface area contributed by atoms with Gasteiger partial charge in [0.2, 0.25) is 0 Å². The number of hydrogen-bond donors (Lipinski definition) is 1. The molecule has 2 nitrogen and oxygen atoms in total. The molecule has 0 unspecified atom stereocenters. The van der Waals surface area contributed by atoms with Crippen LogP contribution >= 0.6 is 11.3 Å². The molecule has 3 heteroatoms. The summed E-state index contributed by atoms with van der Waals surface area (Å²) in [7, 11) is 0. The summed E-state index contributed by atoms with van der Waals surface area (Å²) < 4.78 is 5.65. The molecule has 2 rings (SSSR count). The molecule has 84 valence electrons. The van der Waals surface area contributed by atoms with Gasteiger partial charge in [0.25, 0.3) is 0 Å². The summed E-state index contributed by atoms with van der Waals surface area (Å²) in [6, 6.07) is 12.1. The van der Waals surface area contributed by atoms with Crippen molar-refractivity contribution in [2.24, 2.45) is 5.73 Å². The number of benzene rings is 1. The van der Waals surface area contributed by atoms with Crippen LogP contribution in [0.25, 0.3) is 0 Å². The monoisotopic (exact) mass is 233 g/mol. The first-order valence-corrected chi connectivity index (χ1v) is 6.14. The predicted octanol–water partition coefficient (Wildman–Crippen LogP) is 3.35. The first-order valence-electron chi connectivity index (χ1n) is 5.26. The molecule has 0 amide bonds. The maximum Gasteiger partial charge on any atom is 0.122 e. The van der Waals surface area contributed by atoms with Crippen LogP contribution in [0.5, 0.6) is 5.75 Å². The normalized spacial score (nSPS) is 12.4. The Balaban J connectivity index is 1.95. The predicted molar refractivity (Wildman–Crippen MR) is 67.7 cm³/mol. The molecule has 1 aromatic carbocycles. The van der Waals surface area contributed by atoms with E-state index >= 15 is 0 Å². The average Bonchev–Trinajstić information content (AvgIpc) is 2.80. The van der Waals surface area contributed by atoms with Crippen LogP contribution in [0.15, 0.2) is 41.8 Å². The molecule has 2 aromatic rings. The fraction of sp³-hybridized carbons (Fsp3) is 0.231. The number of thiophene rings is 1. The lowest BCUT2D eigenvalue weighted by Gasteiger charge is -2.08. The molecule has 0 radical (unpaired) electrons. The molecule has 0 spiro atoms. The summed E-state index contributed by atoms with van der Waals surface area (Å²) in [5, 5.41) is 2.05. The summed E-state index contributed by atoms with van der Waals surface area (Å²) in [6.45, 7) is 2.61. The standard InChI is InChI=1S/C13H15NOS/c1-10(14)11-4-6-12(7-5-11)15-9-13-3-2-8-16-13/h2-8,10H,9,14H2,1H3/t10-/m1/s1. The summed E-state index contributed by atoms with van der Waals surface area (Å²) >= 11 is 1.71. The molecule has 2 N–H and O–H groups in total. The molecule has 1 heterocycles. The Morgan fingerprint density at radius 1 is 1.25 bits per heavy atom. The van der Waals surface area contributed by atoms with Crippen molar-refractivity contribution in [1.29, 1.82) is 0 Å². The van der Waals surface area contributed by atoms with E-state index in [2.05, 4.69) is 11.4 Å². The molecular weight excluding hydrogens is 218 g/mol. The van der Waals surface area contributed by atoms with Gasteiger partial charge in [-0.25, -0.2) is 0 Å². The smallest absolute Gasteiger partial charge is 0.122 e. The van der Waals surface area contributed by atoms with Crippen molar-refractivity contribution in [2.75, 3.05) is 0 Å². The Morgan fingerprint density at radius 3 is 2.56 bits per heavy atom. The first kappa shape index (κ1) is 11.2. The van der Waals surface area contributed by atoms with Crippen LogP contribution < -0.4 is 10.5 Å². The van der Waals surface area contributed by atoms with Gasteiger partial charge in [0.05, 0.1) is 0 Å². The number of nitrogens with two attached hydrogens (primary N) is 1. The fourth-order valence-electron chi connectivity index (χ4n) is 1.42. The highest BCUT2D eigenvalue weighted by atomic mass is 32.1. The van der Waals surface area contributed by atoms with Gasteiger partial charge in [-0.2, -0.15) is 0 Å². The van der Waals surface area contributed by atoms with Crippen LogP contribution in [0.2, 0.25) is 0 Å². The fourth-order valence-corrected chi connectivity index (χ4v) is 2.03. The molecule has 0 bridgehead atoms. The average molecular weight is 233 g/mol. The van der Waals surface area contributed by atoms with Gasteiger partial charge in [-0.15, -0.1) is 11.3 Å². The van der Waals surface area contributed by atoms with Crippen LogP contribution in [-0.4, -0.2) is 0 Å². The van der Waals surface area contributed by atoms with Gasteiger partial charge in [-0.05, 0) is 36.1 Å². The number of rotatable bonds is 4. The summed E-state index contributed by atoms with van der Waals surface area (Å²) in [5.74, 6) is 0.887. The van der Waals surface area contributed by atoms with Crippen molar-refractivity contribution in [3.05, 3.63) is 52.2 Å². The Morgan fingerprint density at radius 2 is 2.00 bits per heavy atom. The minimum Gasteiger partial charge on any atom is -0.488 e. The molecule has 1 atom stereocenters. The van der Waals surface area contributed by atoms with Crippen molar-refractivity contribution < 1.29 is 4.74 Å². The number of hydrogen-bond acceptors (Lipinski definition) is 3. The largest absolute Gasteiger partial charge is 0.488 e. The molecule has 1 aromatic heterocycles. The molecular formula is C13H15NOS. The van der Waals surface area contributed by atoms with Crippen molar-refractivity contribution in [3.63, 3.8) is 0 Å². The summed E-state index contributed by atoms with van der Waals surface area (Å²) in [5.41, 5.74) is 6.90. The van der Waals surface area contributed by atoms with E-state index in [1.165, 1.54) is 4.88 Å². The maximum atomic E-state index is 5.78. The zero-order valence-corrected chi connectivity index (χ0v) is 10.0. The van der Waals surface area contributed by atoms with Gasteiger partial charge in [-0.3, -0.25) is 0 Å². The second-order valence-corrected chi connectivity index (χ2v) is 4.76. The second kappa shape index (κ2) is 5.14. The molecule has 0 aliphatic rings. The first-order chi connectivity index (χ1) is 7.75. The van der Waals surface area contributed by atoms with Crippen molar-refractivity contribution >= 4 is 11.3 Å². The third-order valence-corrected chi connectivity index (χ3v) is 3.22. The van der Waals surface area contributed by atoms with Gasteiger partial charge < -0.3 is 10.5 Å². The van der Waals surface area contributed by atoms with Gasteiger partial charge >= 0.3 is 0 Å². The summed E-state index contributed by atoms with van der Waals surface area (Å²) in [4.78, 5) is 1.23. The molecule has 0 saturated carbocycles. The summed E-state index contributed by atoms with van der Waals surface area (Å²) in [6.07, 6.45) is 0. The van der Waals surface area contributed by atoms with E-state index in [4.69, 9.17) is 10.5 Å². The minimum absolute atomic E-state index is 0.0753. The minimum atomic E-state index is 0.0753. The lowest BCUT2D eigenvalue weighted by molar-refractivity contribution is 0.309. The van der Waals surface area contributed by atoms with E-state index in [0.29, 0.717) is 6.61 Å². The van der Waals surface area contributed by atoms with E-state index in [9.17, 15) is 0 Å². The van der Waals surface area contributed by atoms with Crippen molar-refractivity contribution in [1.82, 2.24) is 0 Å². The highest BCUT2D eigenvalue weighted by Gasteiger charge is 2.00. The van der Waals surface area contributed by atoms with Crippen LogP contribution in [0.3, 0.4) is 0 Å². The second-order valence-electron chi connectivity index (χ2n) is 3.73. The van der Waals surface area contributed by atoms with Crippen LogP contribution in [0, 0.1) is 0 Å². The Hall–Kier alpha value is -1.32. The number of ether oxygens (including phenoxy) is 1. The molecule has 16 heavy (non-hydrogen) atoms. The van der Waals surface area contributed by atoms with E-state index in [-0.39, 0.29) is 6.04 Å². The third kappa shape index (κ3) is 2.84. The van der Waals surface area contributed by atoms with Crippen molar-refractivity contribution in [3.8, 4) is 5.75 Å².